The van der Waals surface area contributed by atoms with Crippen LogP contribution in [0.15, 0.2) is 30.7 Å². The van der Waals surface area contributed by atoms with Gasteiger partial charge in [-0.05, 0) is 32.1 Å². The van der Waals surface area contributed by atoms with Gasteiger partial charge >= 0.3 is 0 Å². The molecular formula is C13H16N2O2. The highest BCUT2D eigenvalue weighted by Gasteiger charge is 2.24. The molecule has 0 radical (unpaired) electrons. The zero-order chi connectivity index (χ0) is 12.5. The van der Waals surface area contributed by atoms with Crippen molar-refractivity contribution in [1.29, 1.82) is 0 Å². The van der Waals surface area contributed by atoms with Crippen molar-refractivity contribution in [3.63, 3.8) is 0 Å². The van der Waals surface area contributed by atoms with Crippen LogP contribution >= 0.6 is 0 Å². The van der Waals surface area contributed by atoms with Crippen molar-refractivity contribution in [2.45, 2.75) is 19.4 Å². The molecule has 0 aliphatic carbocycles. The van der Waals surface area contributed by atoms with Crippen molar-refractivity contribution in [1.82, 2.24) is 9.61 Å². The molecule has 2 aromatic heterocycles. The third kappa shape index (κ3) is 2.17. The number of rotatable bonds is 3. The van der Waals surface area contributed by atoms with E-state index in [1.807, 2.05) is 30.5 Å². The van der Waals surface area contributed by atoms with Crippen LogP contribution in [-0.2, 0) is 10.3 Å². The van der Waals surface area contributed by atoms with Gasteiger partial charge in [-0.1, -0.05) is 6.07 Å². The quantitative estimate of drug-likeness (QED) is 0.825. The SMILES string of the molecule is COC=Cc1c(C(C)(C)O)nn2ccccc12. The minimum Gasteiger partial charge on any atom is -0.504 e. The number of pyridine rings is 1. The first-order valence-electron chi connectivity index (χ1n) is 5.43. The Kier molecular flexibility index (Phi) is 2.90. The maximum absolute atomic E-state index is 10.1. The van der Waals surface area contributed by atoms with Crippen LogP contribution in [0.5, 0.6) is 0 Å². The monoisotopic (exact) mass is 232 g/mol. The summed E-state index contributed by atoms with van der Waals surface area (Å²) in [5, 5.41) is 14.5. The van der Waals surface area contributed by atoms with Crippen molar-refractivity contribution in [2.75, 3.05) is 7.11 Å². The third-order valence-corrected chi connectivity index (χ3v) is 2.53. The zero-order valence-corrected chi connectivity index (χ0v) is 10.2. The van der Waals surface area contributed by atoms with E-state index in [2.05, 4.69) is 5.10 Å². The Morgan fingerprint density at radius 3 is 2.82 bits per heavy atom. The van der Waals surface area contributed by atoms with Gasteiger partial charge in [-0.25, -0.2) is 4.52 Å². The van der Waals surface area contributed by atoms with Gasteiger partial charge < -0.3 is 9.84 Å². The van der Waals surface area contributed by atoms with Crippen LogP contribution in [0.25, 0.3) is 11.6 Å². The smallest absolute Gasteiger partial charge is 0.103 e. The van der Waals surface area contributed by atoms with Crippen LogP contribution in [0.4, 0.5) is 0 Å². The molecule has 90 valence electrons. The predicted octanol–water partition coefficient (Wildman–Crippen LogP) is 2.18. The lowest BCUT2D eigenvalue weighted by Crippen LogP contribution is -2.17. The molecule has 0 aliphatic heterocycles. The van der Waals surface area contributed by atoms with E-state index in [-0.39, 0.29) is 0 Å². The van der Waals surface area contributed by atoms with Crippen LogP contribution in [0.1, 0.15) is 25.1 Å². The highest BCUT2D eigenvalue weighted by atomic mass is 16.5. The molecule has 0 unspecified atom stereocenters. The number of methoxy groups -OCH3 is 1. The van der Waals surface area contributed by atoms with Gasteiger partial charge in [0.2, 0.25) is 0 Å². The Morgan fingerprint density at radius 1 is 1.41 bits per heavy atom. The van der Waals surface area contributed by atoms with E-state index in [1.165, 1.54) is 0 Å². The van der Waals surface area contributed by atoms with E-state index in [0.717, 1.165) is 11.1 Å². The maximum Gasteiger partial charge on any atom is 0.103 e. The summed E-state index contributed by atoms with van der Waals surface area (Å²) in [5.74, 6) is 0. The summed E-state index contributed by atoms with van der Waals surface area (Å²) >= 11 is 0. The van der Waals surface area contributed by atoms with E-state index in [4.69, 9.17) is 4.74 Å². The van der Waals surface area contributed by atoms with Crippen LogP contribution in [-0.4, -0.2) is 21.8 Å². The van der Waals surface area contributed by atoms with E-state index in [9.17, 15) is 5.11 Å². The van der Waals surface area contributed by atoms with Gasteiger partial charge in [0, 0.05) is 11.8 Å². The molecule has 2 rings (SSSR count). The highest BCUT2D eigenvalue weighted by Crippen LogP contribution is 2.26. The van der Waals surface area contributed by atoms with E-state index < -0.39 is 5.60 Å². The van der Waals surface area contributed by atoms with Gasteiger partial charge in [0.25, 0.3) is 0 Å². The molecule has 4 heteroatoms. The maximum atomic E-state index is 10.1. The topological polar surface area (TPSA) is 46.8 Å². The molecule has 0 bridgehead atoms. The normalized spacial score (nSPS) is 12.5. The second-order valence-electron chi connectivity index (χ2n) is 4.39. The molecule has 4 nitrogen and oxygen atoms in total. The molecule has 0 aromatic carbocycles. The number of hydrogen-bond acceptors (Lipinski definition) is 3. The minimum atomic E-state index is -0.987. The Balaban J connectivity index is 2.69. The van der Waals surface area contributed by atoms with Crippen molar-refractivity contribution in [3.05, 3.63) is 41.9 Å². The van der Waals surface area contributed by atoms with Crippen molar-refractivity contribution in [3.8, 4) is 0 Å². The van der Waals surface area contributed by atoms with Gasteiger partial charge in [-0.15, -0.1) is 0 Å². The van der Waals surface area contributed by atoms with Gasteiger partial charge in [-0.2, -0.15) is 5.10 Å². The molecule has 0 spiro atoms. The zero-order valence-electron chi connectivity index (χ0n) is 10.2. The van der Waals surface area contributed by atoms with Crippen molar-refractivity contribution >= 4 is 11.6 Å². The summed E-state index contributed by atoms with van der Waals surface area (Å²) in [4.78, 5) is 0. The highest BCUT2D eigenvalue weighted by molar-refractivity contribution is 5.71. The molecular weight excluding hydrogens is 216 g/mol. The molecule has 0 aliphatic rings. The Hall–Kier alpha value is -1.81. The molecule has 17 heavy (non-hydrogen) atoms. The van der Waals surface area contributed by atoms with E-state index in [1.54, 1.807) is 31.7 Å². The third-order valence-electron chi connectivity index (χ3n) is 2.53. The van der Waals surface area contributed by atoms with Crippen molar-refractivity contribution < 1.29 is 9.84 Å². The number of nitrogens with zero attached hydrogens (tertiary/aromatic N) is 2. The summed E-state index contributed by atoms with van der Waals surface area (Å²) in [6, 6.07) is 5.80. The lowest BCUT2D eigenvalue weighted by atomic mass is 10.0. The molecule has 0 saturated heterocycles. The number of ether oxygens (including phenoxy) is 1. The molecule has 0 amide bonds. The Labute approximate surface area is 100 Å². The number of fused-ring (bicyclic) bond motifs is 1. The van der Waals surface area contributed by atoms with E-state index in [0.29, 0.717) is 5.69 Å². The van der Waals surface area contributed by atoms with Crippen LogP contribution in [0.2, 0.25) is 0 Å². The predicted molar refractivity (Wildman–Crippen MR) is 66.5 cm³/mol. The first-order chi connectivity index (χ1) is 8.04. The summed E-state index contributed by atoms with van der Waals surface area (Å²) in [6.45, 7) is 3.44. The van der Waals surface area contributed by atoms with Crippen molar-refractivity contribution in [2.24, 2.45) is 0 Å². The van der Waals surface area contributed by atoms with E-state index >= 15 is 0 Å². The standard InChI is InChI=1S/C13H16N2O2/c1-13(2,16)12-10(7-9-17-3)11-6-4-5-8-15(11)14-12/h4-9,16H,1-3H3. The van der Waals surface area contributed by atoms with Crippen LogP contribution < -0.4 is 0 Å². The number of hydrogen-bond donors (Lipinski definition) is 1. The molecule has 2 aromatic rings. The van der Waals surface area contributed by atoms with Crippen LogP contribution in [0.3, 0.4) is 0 Å². The summed E-state index contributed by atoms with van der Waals surface area (Å²) in [7, 11) is 1.59. The fourth-order valence-electron chi connectivity index (χ4n) is 1.77. The largest absolute Gasteiger partial charge is 0.504 e. The summed E-state index contributed by atoms with van der Waals surface area (Å²) < 4.78 is 6.69. The lowest BCUT2D eigenvalue weighted by molar-refractivity contribution is 0.0733. The lowest BCUT2D eigenvalue weighted by Gasteiger charge is -2.14. The Morgan fingerprint density at radius 2 is 2.18 bits per heavy atom. The molecule has 0 atom stereocenters. The van der Waals surface area contributed by atoms with Gasteiger partial charge in [0.15, 0.2) is 0 Å². The summed E-state index contributed by atoms with van der Waals surface area (Å²) in [6.07, 6.45) is 5.25. The second kappa shape index (κ2) is 4.22. The fourth-order valence-corrected chi connectivity index (χ4v) is 1.77. The number of aromatic nitrogens is 2. The Bertz CT molecular complexity index is 550. The minimum absolute atomic E-state index is 0.636. The van der Waals surface area contributed by atoms with Crippen LogP contribution in [0, 0.1) is 0 Å². The molecule has 2 heterocycles. The molecule has 1 N–H and O–H groups in total. The molecule has 0 saturated carbocycles. The number of aliphatic hydroxyl groups is 1. The first-order valence-corrected chi connectivity index (χ1v) is 5.43. The molecule has 0 fully saturated rings. The van der Waals surface area contributed by atoms with Gasteiger partial charge in [0.05, 0.1) is 18.9 Å². The summed E-state index contributed by atoms with van der Waals surface area (Å²) in [5.41, 5.74) is 1.47. The second-order valence-corrected chi connectivity index (χ2v) is 4.39. The van der Waals surface area contributed by atoms with Gasteiger partial charge in [-0.3, -0.25) is 0 Å². The first kappa shape index (κ1) is 11.7. The van der Waals surface area contributed by atoms with Gasteiger partial charge in [0.1, 0.15) is 11.3 Å². The average molecular weight is 232 g/mol. The average Bonchev–Trinajstić information content (AvgIpc) is 2.65. The fraction of sp³-hybridized carbons (Fsp3) is 0.308.